The molecule has 1 atom stereocenters. The molecule has 1 aliphatic carbocycles. The summed E-state index contributed by atoms with van der Waals surface area (Å²) in [6, 6.07) is 49.1. The molecule has 4 nitrogen and oxygen atoms in total. The SMILES string of the molecule is C1=CC2CC(c3ccc4ccc(-c5cccc(-c6cccc7cccnc67)c5)nc4c3)=CC=C2N=C1c1cccc(-c2cccc3cccnc23)c1. The van der Waals surface area contributed by atoms with Crippen molar-refractivity contribution >= 4 is 44.0 Å². The molecule has 244 valence electrons. The van der Waals surface area contributed by atoms with Crippen molar-refractivity contribution in [1.82, 2.24) is 15.0 Å². The Morgan fingerprint density at radius 3 is 1.88 bits per heavy atom. The first-order valence-corrected chi connectivity index (χ1v) is 17.7. The third kappa shape index (κ3) is 5.42. The highest BCUT2D eigenvalue weighted by Crippen LogP contribution is 2.37. The first kappa shape index (κ1) is 30.1. The number of benzene rings is 5. The normalized spacial score (nSPS) is 15.3. The number of hydrogen-bond donors (Lipinski definition) is 0. The summed E-state index contributed by atoms with van der Waals surface area (Å²) in [6.45, 7) is 0. The molecule has 0 bridgehead atoms. The molecule has 8 aromatic rings. The predicted octanol–water partition coefficient (Wildman–Crippen LogP) is 11.7. The van der Waals surface area contributed by atoms with E-state index in [-0.39, 0.29) is 5.92 Å². The zero-order valence-electron chi connectivity index (χ0n) is 28.3. The third-order valence-electron chi connectivity index (χ3n) is 10.3. The van der Waals surface area contributed by atoms with Gasteiger partial charge < -0.3 is 0 Å². The van der Waals surface area contributed by atoms with E-state index in [0.717, 1.165) is 89.6 Å². The van der Waals surface area contributed by atoms with Crippen molar-refractivity contribution in [2.75, 3.05) is 0 Å². The quantitative estimate of drug-likeness (QED) is 0.184. The molecule has 10 rings (SSSR count). The summed E-state index contributed by atoms with van der Waals surface area (Å²) >= 11 is 0. The summed E-state index contributed by atoms with van der Waals surface area (Å²) in [7, 11) is 0. The minimum absolute atomic E-state index is 0.232. The average molecular weight is 665 g/mol. The molecule has 0 radical (unpaired) electrons. The van der Waals surface area contributed by atoms with E-state index in [4.69, 9.17) is 9.98 Å². The van der Waals surface area contributed by atoms with Crippen LogP contribution in [0.4, 0.5) is 0 Å². The summed E-state index contributed by atoms with van der Waals surface area (Å²) in [5.74, 6) is 0.232. The summed E-state index contributed by atoms with van der Waals surface area (Å²) < 4.78 is 0. The topological polar surface area (TPSA) is 51.0 Å². The number of nitrogens with zero attached hydrogens (tertiary/aromatic N) is 4. The van der Waals surface area contributed by atoms with Crippen LogP contribution in [0.5, 0.6) is 0 Å². The molecule has 1 aliphatic heterocycles. The van der Waals surface area contributed by atoms with Gasteiger partial charge in [0.25, 0.3) is 0 Å². The van der Waals surface area contributed by atoms with Crippen molar-refractivity contribution in [3.8, 4) is 33.5 Å². The minimum atomic E-state index is 0.232. The van der Waals surface area contributed by atoms with Crippen molar-refractivity contribution in [3.05, 3.63) is 193 Å². The molecule has 1 unspecified atom stereocenters. The molecule has 4 heterocycles. The Morgan fingerprint density at radius 1 is 0.500 bits per heavy atom. The lowest BCUT2D eigenvalue weighted by Gasteiger charge is -2.24. The monoisotopic (exact) mass is 664 g/mol. The number of para-hydroxylation sites is 2. The van der Waals surface area contributed by atoms with Crippen LogP contribution < -0.4 is 0 Å². The number of rotatable bonds is 5. The van der Waals surface area contributed by atoms with Crippen molar-refractivity contribution in [2.24, 2.45) is 10.9 Å². The molecule has 0 amide bonds. The molecule has 52 heavy (non-hydrogen) atoms. The van der Waals surface area contributed by atoms with E-state index in [1.54, 1.807) is 0 Å². The minimum Gasteiger partial charge on any atom is -0.256 e. The van der Waals surface area contributed by atoms with E-state index in [2.05, 4.69) is 162 Å². The first-order valence-electron chi connectivity index (χ1n) is 17.7. The van der Waals surface area contributed by atoms with Crippen LogP contribution in [-0.2, 0) is 0 Å². The third-order valence-corrected chi connectivity index (χ3v) is 10.3. The van der Waals surface area contributed by atoms with Gasteiger partial charge in [-0.1, -0.05) is 115 Å². The van der Waals surface area contributed by atoms with Gasteiger partial charge in [-0.2, -0.15) is 0 Å². The van der Waals surface area contributed by atoms with Gasteiger partial charge in [0.05, 0.1) is 28.0 Å². The van der Waals surface area contributed by atoms with Crippen LogP contribution in [0.3, 0.4) is 0 Å². The Labute approximate surface area is 301 Å². The Hall–Kier alpha value is -6.78. The maximum absolute atomic E-state index is 5.17. The van der Waals surface area contributed by atoms with Gasteiger partial charge in [-0.3, -0.25) is 15.0 Å². The van der Waals surface area contributed by atoms with Crippen molar-refractivity contribution in [3.63, 3.8) is 0 Å². The first-order chi connectivity index (χ1) is 25.7. The molecule has 0 saturated heterocycles. The van der Waals surface area contributed by atoms with Gasteiger partial charge >= 0.3 is 0 Å². The van der Waals surface area contributed by atoms with E-state index < -0.39 is 0 Å². The van der Waals surface area contributed by atoms with Crippen LogP contribution in [-0.4, -0.2) is 20.7 Å². The van der Waals surface area contributed by atoms with Crippen molar-refractivity contribution < 1.29 is 0 Å². The number of allylic oxidation sites excluding steroid dienone is 5. The van der Waals surface area contributed by atoms with Crippen molar-refractivity contribution in [1.29, 1.82) is 0 Å². The fourth-order valence-electron chi connectivity index (χ4n) is 7.61. The molecule has 3 aromatic heterocycles. The van der Waals surface area contributed by atoms with Gasteiger partial charge in [0, 0.05) is 62.4 Å². The molecule has 4 heteroatoms. The Morgan fingerprint density at radius 2 is 1.13 bits per heavy atom. The van der Waals surface area contributed by atoms with Gasteiger partial charge in [-0.15, -0.1) is 0 Å². The van der Waals surface area contributed by atoms with Gasteiger partial charge in [0.2, 0.25) is 0 Å². The van der Waals surface area contributed by atoms with Gasteiger partial charge in [-0.05, 0) is 77.2 Å². The molecular formula is C48H32N4. The summed E-state index contributed by atoms with van der Waals surface area (Å²) in [4.78, 5) is 19.7. The fraction of sp³-hybridized carbons (Fsp3) is 0.0417. The molecule has 5 aromatic carbocycles. The maximum atomic E-state index is 5.17. The summed E-state index contributed by atoms with van der Waals surface area (Å²) in [6.07, 6.45) is 13.5. The number of aromatic nitrogens is 3. The second-order valence-corrected chi connectivity index (χ2v) is 13.5. The van der Waals surface area contributed by atoms with Crippen LogP contribution in [0.25, 0.3) is 71.8 Å². The van der Waals surface area contributed by atoms with Crippen LogP contribution in [0.1, 0.15) is 17.5 Å². The number of dihydropyridines is 1. The Balaban J connectivity index is 0.939. The number of aliphatic imine (C=N–C) groups is 1. The maximum Gasteiger partial charge on any atom is 0.0780 e. The fourth-order valence-corrected chi connectivity index (χ4v) is 7.61. The largest absolute Gasteiger partial charge is 0.256 e. The second kappa shape index (κ2) is 12.5. The highest BCUT2D eigenvalue weighted by atomic mass is 14.8. The molecule has 0 saturated carbocycles. The van der Waals surface area contributed by atoms with E-state index in [1.807, 2.05) is 24.5 Å². The predicted molar refractivity (Wildman–Crippen MR) is 215 cm³/mol. The molecule has 0 fully saturated rings. The Bertz CT molecular complexity index is 2830. The number of fused-ring (bicyclic) bond motifs is 4. The average Bonchev–Trinajstić information content (AvgIpc) is 3.22. The zero-order chi connectivity index (χ0) is 34.4. The Kier molecular flexibility index (Phi) is 7.24. The van der Waals surface area contributed by atoms with E-state index >= 15 is 0 Å². The van der Waals surface area contributed by atoms with E-state index in [0.29, 0.717) is 0 Å². The lowest BCUT2D eigenvalue weighted by atomic mass is 9.85. The summed E-state index contributed by atoms with van der Waals surface area (Å²) in [5.41, 5.74) is 15.3. The highest BCUT2D eigenvalue weighted by molar-refractivity contribution is 6.11. The number of pyridine rings is 3. The molecular weight excluding hydrogens is 633 g/mol. The second-order valence-electron chi connectivity index (χ2n) is 13.5. The van der Waals surface area contributed by atoms with Crippen molar-refractivity contribution in [2.45, 2.75) is 6.42 Å². The number of hydrogen-bond acceptors (Lipinski definition) is 4. The standard InChI is InChI=1S/C48H32N4/c1-9-36(41-15-3-7-32-13-5-25-49-47(32)41)28-38(11-1)43-24-21-40-27-34(20-23-45(40)51-43)35-18-17-31-19-22-44(52-46(31)30-35)39-12-2-10-37(29-39)42-16-4-8-33-14-6-26-50-48(33)42/h1-26,28-30,40H,27H2. The van der Waals surface area contributed by atoms with Crippen LogP contribution >= 0.6 is 0 Å². The van der Waals surface area contributed by atoms with E-state index in [9.17, 15) is 0 Å². The lowest BCUT2D eigenvalue weighted by molar-refractivity contribution is 0.760. The smallest absolute Gasteiger partial charge is 0.0780 e. The van der Waals surface area contributed by atoms with Crippen LogP contribution in [0.2, 0.25) is 0 Å². The molecule has 0 spiro atoms. The van der Waals surface area contributed by atoms with E-state index in [1.165, 1.54) is 11.1 Å². The zero-order valence-corrected chi connectivity index (χ0v) is 28.3. The molecule has 0 N–H and O–H groups in total. The highest BCUT2D eigenvalue weighted by Gasteiger charge is 2.22. The van der Waals surface area contributed by atoms with Gasteiger partial charge in [0.15, 0.2) is 0 Å². The van der Waals surface area contributed by atoms with Gasteiger partial charge in [-0.25, -0.2) is 4.98 Å². The lowest BCUT2D eigenvalue weighted by Crippen LogP contribution is -2.12. The van der Waals surface area contributed by atoms with Crippen LogP contribution in [0.15, 0.2) is 187 Å². The molecule has 2 aliphatic rings. The summed E-state index contributed by atoms with van der Waals surface area (Å²) in [5, 5.41) is 3.40. The van der Waals surface area contributed by atoms with Crippen LogP contribution in [0, 0.1) is 5.92 Å². The van der Waals surface area contributed by atoms with Gasteiger partial charge in [0.1, 0.15) is 0 Å².